The lowest BCUT2D eigenvalue weighted by Crippen LogP contribution is -2.29. The summed E-state index contributed by atoms with van der Waals surface area (Å²) in [7, 11) is 0. The van der Waals surface area contributed by atoms with Gasteiger partial charge in [0, 0.05) is 17.8 Å². The van der Waals surface area contributed by atoms with Crippen LogP contribution < -0.4 is 0 Å². The zero-order valence-electron chi connectivity index (χ0n) is 26.4. The van der Waals surface area contributed by atoms with Crippen molar-refractivity contribution in [2.75, 3.05) is 0 Å². The van der Waals surface area contributed by atoms with Crippen molar-refractivity contribution in [3.05, 3.63) is 118 Å². The third kappa shape index (κ3) is 4.25. The van der Waals surface area contributed by atoms with Crippen LogP contribution in [0.15, 0.2) is 90.0 Å². The molecule has 3 aliphatic carbocycles. The first-order valence-electron chi connectivity index (χ1n) is 15.4. The van der Waals surface area contributed by atoms with Gasteiger partial charge in [-0.1, -0.05) is 154 Å². The molecule has 0 saturated heterocycles. The van der Waals surface area contributed by atoms with Crippen LogP contribution in [0.5, 0.6) is 0 Å². The Morgan fingerprint density at radius 1 is 0.650 bits per heavy atom. The van der Waals surface area contributed by atoms with Crippen LogP contribution in [-0.4, -0.2) is 0 Å². The first-order chi connectivity index (χ1) is 18.6. The first kappa shape index (κ1) is 27.3. The predicted molar refractivity (Wildman–Crippen MR) is 172 cm³/mol. The second kappa shape index (κ2) is 8.82. The van der Waals surface area contributed by atoms with Gasteiger partial charge in [-0.15, -0.1) is 0 Å². The molecule has 6 rings (SSSR count). The summed E-state index contributed by atoms with van der Waals surface area (Å²) >= 11 is 0. The summed E-state index contributed by atoms with van der Waals surface area (Å²) in [5, 5.41) is 0. The summed E-state index contributed by atoms with van der Waals surface area (Å²) in [4.78, 5) is 0. The fraction of sp³-hybridized carbons (Fsp3) is 0.450. The van der Waals surface area contributed by atoms with Crippen LogP contribution in [0.25, 0.3) is 11.1 Å². The van der Waals surface area contributed by atoms with Gasteiger partial charge in [-0.2, -0.15) is 0 Å². The molecular formula is C40H48. The second-order valence-electron chi connectivity index (χ2n) is 16.2. The van der Waals surface area contributed by atoms with E-state index in [2.05, 4.69) is 148 Å². The SMILES string of the molecule is CC(C)(C)C1=CC2C(=C1)C(c1ccccc1)CC2(C)C1c2cc(C(C)(C)C)ccc2-c2ccc(C(C)(C)C)cc21. The summed E-state index contributed by atoms with van der Waals surface area (Å²) in [6.45, 7) is 23.8. The van der Waals surface area contributed by atoms with Gasteiger partial charge >= 0.3 is 0 Å². The van der Waals surface area contributed by atoms with E-state index in [0.717, 1.165) is 0 Å². The molecule has 40 heavy (non-hydrogen) atoms. The number of hydrogen-bond donors (Lipinski definition) is 0. The molecule has 0 spiro atoms. The molecule has 0 radical (unpaired) electrons. The van der Waals surface area contributed by atoms with Crippen molar-refractivity contribution in [2.45, 2.75) is 98.3 Å². The lowest BCUT2D eigenvalue weighted by atomic mass is 9.64. The lowest BCUT2D eigenvalue weighted by Gasteiger charge is -2.38. The molecular weight excluding hydrogens is 480 g/mol. The number of benzene rings is 3. The summed E-state index contributed by atoms with van der Waals surface area (Å²) in [6.07, 6.45) is 6.42. The van der Waals surface area contributed by atoms with Gasteiger partial charge in [-0.05, 0) is 72.6 Å². The van der Waals surface area contributed by atoms with Gasteiger partial charge in [0.25, 0.3) is 0 Å². The highest BCUT2D eigenvalue weighted by molar-refractivity contribution is 5.81. The fourth-order valence-corrected chi connectivity index (χ4v) is 7.83. The van der Waals surface area contributed by atoms with E-state index in [1.807, 2.05) is 0 Å². The smallest absolute Gasteiger partial charge is 0.0165 e. The Balaban J connectivity index is 1.60. The maximum Gasteiger partial charge on any atom is 0.0165 e. The maximum absolute atomic E-state index is 2.66. The van der Waals surface area contributed by atoms with Crippen molar-refractivity contribution < 1.29 is 0 Å². The highest BCUT2D eigenvalue weighted by Gasteiger charge is 2.55. The molecule has 0 nitrogen and oxygen atoms in total. The quantitative estimate of drug-likeness (QED) is 0.310. The van der Waals surface area contributed by atoms with E-state index in [0.29, 0.717) is 17.8 Å². The topological polar surface area (TPSA) is 0 Å². The fourth-order valence-electron chi connectivity index (χ4n) is 7.83. The van der Waals surface area contributed by atoms with Crippen molar-refractivity contribution in [3.8, 4) is 11.1 Å². The Kier molecular flexibility index (Phi) is 6.02. The maximum atomic E-state index is 2.66. The van der Waals surface area contributed by atoms with Gasteiger partial charge in [0.15, 0.2) is 0 Å². The average molecular weight is 529 g/mol. The van der Waals surface area contributed by atoms with Crippen LogP contribution in [0.4, 0.5) is 0 Å². The largest absolute Gasteiger partial charge is 0.0730 e. The molecule has 0 amide bonds. The molecule has 0 aliphatic heterocycles. The molecule has 0 heterocycles. The van der Waals surface area contributed by atoms with Gasteiger partial charge in [-0.25, -0.2) is 0 Å². The number of fused-ring (bicyclic) bond motifs is 4. The van der Waals surface area contributed by atoms with E-state index in [-0.39, 0.29) is 21.7 Å². The summed E-state index contributed by atoms with van der Waals surface area (Å²) in [6, 6.07) is 26.1. The first-order valence-corrected chi connectivity index (χ1v) is 15.4. The van der Waals surface area contributed by atoms with Crippen LogP contribution in [0.2, 0.25) is 0 Å². The van der Waals surface area contributed by atoms with Gasteiger partial charge in [0.1, 0.15) is 0 Å². The van der Waals surface area contributed by atoms with Crippen LogP contribution in [-0.2, 0) is 10.8 Å². The Morgan fingerprint density at radius 3 is 1.65 bits per heavy atom. The van der Waals surface area contributed by atoms with Gasteiger partial charge in [-0.3, -0.25) is 0 Å². The van der Waals surface area contributed by atoms with Crippen LogP contribution >= 0.6 is 0 Å². The van der Waals surface area contributed by atoms with E-state index < -0.39 is 0 Å². The summed E-state index contributed by atoms with van der Waals surface area (Å²) in [5.74, 6) is 1.25. The highest BCUT2D eigenvalue weighted by Crippen LogP contribution is 2.67. The highest BCUT2D eigenvalue weighted by atomic mass is 14.6. The third-order valence-electron chi connectivity index (χ3n) is 10.3. The van der Waals surface area contributed by atoms with Crippen LogP contribution in [0, 0.1) is 16.7 Å². The van der Waals surface area contributed by atoms with Crippen molar-refractivity contribution in [3.63, 3.8) is 0 Å². The van der Waals surface area contributed by atoms with E-state index in [9.17, 15) is 0 Å². The molecule has 208 valence electrons. The Bertz CT molecular complexity index is 1460. The average Bonchev–Trinajstić information content (AvgIpc) is 3.53. The van der Waals surface area contributed by atoms with Crippen molar-refractivity contribution in [2.24, 2.45) is 16.7 Å². The summed E-state index contributed by atoms with van der Waals surface area (Å²) in [5.41, 5.74) is 13.9. The molecule has 0 aromatic heterocycles. The van der Waals surface area contributed by atoms with Gasteiger partial charge in [0.05, 0.1) is 0 Å². The van der Waals surface area contributed by atoms with Crippen molar-refractivity contribution in [1.29, 1.82) is 0 Å². The normalized spacial score (nSPS) is 24.4. The lowest BCUT2D eigenvalue weighted by molar-refractivity contribution is 0.245. The van der Waals surface area contributed by atoms with Gasteiger partial charge in [0.2, 0.25) is 0 Å². The second-order valence-corrected chi connectivity index (χ2v) is 16.2. The van der Waals surface area contributed by atoms with E-state index in [1.165, 1.54) is 39.8 Å². The van der Waals surface area contributed by atoms with E-state index in [1.54, 1.807) is 16.7 Å². The molecule has 3 aromatic carbocycles. The molecule has 0 heteroatoms. The van der Waals surface area contributed by atoms with Gasteiger partial charge < -0.3 is 0 Å². The summed E-state index contributed by atoms with van der Waals surface area (Å²) < 4.78 is 0. The molecule has 1 saturated carbocycles. The van der Waals surface area contributed by atoms with E-state index >= 15 is 0 Å². The standard InChI is InChI=1S/C40H48/c1-37(2,3)26-16-18-29-30-19-17-27(38(4,5)6)21-33(30)36(32(29)20-26)40(10)24-34(25-14-12-11-13-15-25)31-22-28(23-35(31)40)39(7,8)9/h11-23,34-36H,24H2,1-10H3. The Morgan fingerprint density at radius 2 is 1.18 bits per heavy atom. The zero-order valence-corrected chi connectivity index (χ0v) is 26.4. The van der Waals surface area contributed by atoms with Crippen molar-refractivity contribution in [1.82, 2.24) is 0 Å². The monoisotopic (exact) mass is 528 g/mol. The van der Waals surface area contributed by atoms with Crippen LogP contribution in [0.1, 0.15) is 115 Å². The molecule has 3 atom stereocenters. The number of hydrogen-bond acceptors (Lipinski definition) is 0. The van der Waals surface area contributed by atoms with Crippen LogP contribution in [0.3, 0.4) is 0 Å². The zero-order chi connectivity index (χ0) is 28.8. The molecule has 3 aliphatic rings. The minimum Gasteiger partial charge on any atom is -0.0730 e. The predicted octanol–water partition coefficient (Wildman–Crippen LogP) is 11.1. The number of rotatable bonds is 2. The van der Waals surface area contributed by atoms with E-state index in [4.69, 9.17) is 0 Å². The molecule has 3 aromatic rings. The molecule has 1 fully saturated rings. The Hall–Kier alpha value is -2.86. The molecule has 3 unspecified atom stereocenters. The minimum absolute atomic E-state index is 0.0758. The molecule has 0 bridgehead atoms. The third-order valence-corrected chi connectivity index (χ3v) is 10.3. The Labute approximate surface area is 243 Å². The van der Waals surface area contributed by atoms with Crippen molar-refractivity contribution >= 4 is 0 Å². The minimum atomic E-state index is 0.0758. The number of allylic oxidation sites excluding steroid dienone is 4. The molecule has 0 N–H and O–H groups in total.